The first kappa shape index (κ1) is 34.7. The molecule has 4 rings (SSSR count). The lowest BCUT2D eigenvalue weighted by Crippen LogP contribution is -2.56. The molecule has 2 heterocycles. The molecule has 1 fully saturated rings. The van der Waals surface area contributed by atoms with Crippen LogP contribution < -0.4 is 25.7 Å². The van der Waals surface area contributed by atoms with Crippen molar-refractivity contribution < 1.29 is 14.3 Å². The number of halogens is 1. The van der Waals surface area contributed by atoms with Gasteiger partial charge in [-0.2, -0.15) is 0 Å². The Balaban J connectivity index is 1.73. The zero-order valence-electron chi connectivity index (χ0n) is 27.4. The lowest BCUT2D eigenvalue weighted by atomic mass is 9.92. The van der Waals surface area contributed by atoms with Crippen LogP contribution in [0.4, 0.5) is 5.82 Å². The summed E-state index contributed by atoms with van der Waals surface area (Å²) < 4.78 is 12.6. The van der Waals surface area contributed by atoms with Gasteiger partial charge in [-0.15, -0.1) is 0 Å². The number of methoxy groups -OCH3 is 2. The fourth-order valence-electron chi connectivity index (χ4n) is 6.19. The van der Waals surface area contributed by atoms with E-state index in [4.69, 9.17) is 26.5 Å². The predicted molar refractivity (Wildman–Crippen MR) is 188 cm³/mol. The highest BCUT2D eigenvalue weighted by atomic mass is 35.5. The van der Waals surface area contributed by atoms with Gasteiger partial charge in [-0.3, -0.25) is 19.1 Å². The highest BCUT2D eigenvalue weighted by Gasteiger charge is 2.31. The second-order valence-corrected chi connectivity index (χ2v) is 11.6. The molecule has 0 spiro atoms. The topological polar surface area (TPSA) is 112 Å². The molecular weight excluding hydrogens is 604 g/mol. The Bertz CT molecular complexity index is 1610. The van der Waals surface area contributed by atoms with Gasteiger partial charge in [0.25, 0.3) is 5.56 Å². The summed E-state index contributed by atoms with van der Waals surface area (Å²) in [4.78, 5) is 31.4. The summed E-state index contributed by atoms with van der Waals surface area (Å²) in [5.74, 6) is 1.08. The number of rotatable bonds is 13. The third-order valence-electron chi connectivity index (χ3n) is 8.79. The van der Waals surface area contributed by atoms with Gasteiger partial charge >= 0.3 is 0 Å². The second-order valence-electron chi connectivity index (χ2n) is 11.2. The van der Waals surface area contributed by atoms with Crippen molar-refractivity contribution in [1.82, 2.24) is 19.7 Å². The number of piperazine rings is 1. The van der Waals surface area contributed by atoms with Crippen LogP contribution in [0.5, 0.6) is 11.5 Å². The van der Waals surface area contributed by atoms with Gasteiger partial charge in [-0.05, 0) is 38.1 Å². The standard InChI is InChI=1S/C35H45ClN6O4/c1-8-25-29(45-6)20-30(46-7)33(36)32(25)26-18-24(21-37)34(42(11-4)35(26)44)38-22(5)23-12-13-28(27(19-23)39-31(43)9-2)41-16-14-40(10-3)15-17-41/h8-9,12-13,18-22,27-28,37-38H,1-2,10-11,14-17H2,3-7H3,(H,39,43). The van der Waals surface area contributed by atoms with Crippen molar-refractivity contribution in [3.8, 4) is 22.6 Å². The maximum absolute atomic E-state index is 14.1. The average molecular weight is 649 g/mol. The van der Waals surface area contributed by atoms with E-state index in [1.807, 2.05) is 13.8 Å². The van der Waals surface area contributed by atoms with Crippen molar-refractivity contribution >= 4 is 35.6 Å². The number of aromatic nitrogens is 1. The van der Waals surface area contributed by atoms with E-state index in [2.05, 4.69) is 58.7 Å². The first-order valence-corrected chi connectivity index (χ1v) is 15.9. The summed E-state index contributed by atoms with van der Waals surface area (Å²) in [6.45, 7) is 18.8. The maximum atomic E-state index is 14.1. The number of benzene rings is 1. The fourth-order valence-corrected chi connectivity index (χ4v) is 6.53. The third-order valence-corrected chi connectivity index (χ3v) is 9.16. The van der Waals surface area contributed by atoms with Gasteiger partial charge in [0.2, 0.25) is 5.91 Å². The van der Waals surface area contributed by atoms with Crippen LogP contribution >= 0.6 is 11.6 Å². The third kappa shape index (κ3) is 6.99. The quantitative estimate of drug-likeness (QED) is 0.211. The Kier molecular flexibility index (Phi) is 11.7. The summed E-state index contributed by atoms with van der Waals surface area (Å²) in [5, 5.41) is 15.1. The van der Waals surface area contributed by atoms with Gasteiger partial charge in [-0.25, -0.2) is 0 Å². The van der Waals surface area contributed by atoms with E-state index in [1.165, 1.54) is 26.5 Å². The molecule has 1 aromatic heterocycles. The molecule has 0 radical (unpaired) electrons. The van der Waals surface area contributed by atoms with Crippen LogP contribution in [0.2, 0.25) is 5.02 Å². The van der Waals surface area contributed by atoms with E-state index in [0.717, 1.165) is 38.3 Å². The number of anilines is 1. The Hall–Kier alpha value is -4.12. The normalized spacial score (nSPS) is 19.1. The zero-order chi connectivity index (χ0) is 33.5. The van der Waals surface area contributed by atoms with Gasteiger partial charge in [0, 0.05) is 67.7 Å². The van der Waals surface area contributed by atoms with Crippen molar-refractivity contribution in [2.75, 3.05) is 52.3 Å². The number of hydrogen-bond acceptors (Lipinski definition) is 8. The molecule has 1 amide bonds. The van der Waals surface area contributed by atoms with Crippen molar-refractivity contribution in [1.29, 1.82) is 5.41 Å². The Morgan fingerprint density at radius 3 is 2.39 bits per heavy atom. The largest absolute Gasteiger partial charge is 0.496 e. The first-order valence-electron chi connectivity index (χ1n) is 15.6. The highest BCUT2D eigenvalue weighted by Crippen LogP contribution is 2.43. The lowest BCUT2D eigenvalue weighted by Gasteiger charge is -2.41. The van der Waals surface area contributed by atoms with Crippen LogP contribution in [-0.2, 0) is 11.3 Å². The minimum atomic E-state index is -0.293. The molecule has 1 aliphatic heterocycles. The number of pyridine rings is 1. The molecule has 246 valence electrons. The van der Waals surface area contributed by atoms with Gasteiger partial charge in [0.15, 0.2) is 0 Å². The zero-order valence-corrected chi connectivity index (χ0v) is 28.1. The summed E-state index contributed by atoms with van der Waals surface area (Å²) in [6, 6.07) is 2.80. The number of nitrogens with zero attached hydrogens (tertiary/aromatic N) is 3. The van der Waals surface area contributed by atoms with E-state index < -0.39 is 0 Å². The van der Waals surface area contributed by atoms with Gasteiger partial charge in [0.1, 0.15) is 17.3 Å². The molecule has 2 aromatic rings. The summed E-state index contributed by atoms with van der Waals surface area (Å²) in [7, 11) is 3.02. The fraction of sp³-hybridized carbons (Fsp3) is 0.400. The molecule has 3 atom stereocenters. The number of carbonyl (C=O) groups excluding carboxylic acids is 1. The van der Waals surface area contributed by atoms with Crippen molar-refractivity contribution in [2.45, 2.75) is 45.4 Å². The molecule has 3 unspecified atom stereocenters. The van der Waals surface area contributed by atoms with Gasteiger partial charge in [-0.1, -0.05) is 56.0 Å². The first-order chi connectivity index (χ1) is 22.1. The number of amides is 1. The van der Waals surface area contributed by atoms with Crippen LogP contribution in [0, 0.1) is 5.41 Å². The molecule has 3 N–H and O–H groups in total. The minimum Gasteiger partial charge on any atom is -0.496 e. The Morgan fingerprint density at radius 2 is 1.83 bits per heavy atom. The smallest absolute Gasteiger partial charge is 0.260 e. The minimum absolute atomic E-state index is 0.00718. The predicted octanol–water partition coefficient (Wildman–Crippen LogP) is 4.82. The molecule has 0 bridgehead atoms. The van der Waals surface area contributed by atoms with E-state index in [9.17, 15) is 9.59 Å². The summed E-state index contributed by atoms with van der Waals surface area (Å²) in [6.07, 6.45) is 10.4. The number of ether oxygens (including phenoxy) is 2. The van der Waals surface area contributed by atoms with Crippen LogP contribution in [-0.4, -0.2) is 91.6 Å². The molecule has 11 heteroatoms. The van der Waals surface area contributed by atoms with E-state index in [1.54, 1.807) is 22.8 Å². The number of likely N-dealkylation sites (N-methyl/N-ethyl adjacent to an activating group) is 1. The SMILES string of the molecule is C=CC(=O)NC1C=C(C(C)Nc2c(C=N)cc(-c3c(Cl)c(OC)cc(OC)c3C=C)c(=O)n2CC)C=CC1N1CCN(CC)CC1. The Labute approximate surface area is 276 Å². The maximum Gasteiger partial charge on any atom is 0.260 e. The molecule has 1 saturated heterocycles. The van der Waals surface area contributed by atoms with Crippen molar-refractivity contribution in [2.24, 2.45) is 0 Å². The number of nitrogens with one attached hydrogen (secondary N) is 3. The van der Waals surface area contributed by atoms with Crippen LogP contribution in [0.25, 0.3) is 17.2 Å². The molecule has 1 aromatic carbocycles. The number of carbonyl (C=O) groups is 1. The molecule has 1 aliphatic carbocycles. The summed E-state index contributed by atoms with van der Waals surface area (Å²) >= 11 is 6.78. The molecule has 0 saturated carbocycles. The Morgan fingerprint density at radius 1 is 1.13 bits per heavy atom. The van der Waals surface area contributed by atoms with E-state index in [-0.39, 0.29) is 34.6 Å². The summed E-state index contributed by atoms with van der Waals surface area (Å²) in [5.41, 5.74) is 2.42. The van der Waals surface area contributed by atoms with Gasteiger partial charge < -0.3 is 30.4 Å². The van der Waals surface area contributed by atoms with E-state index >= 15 is 0 Å². The second kappa shape index (κ2) is 15.4. The van der Waals surface area contributed by atoms with Crippen LogP contribution in [0.15, 0.2) is 60.0 Å². The van der Waals surface area contributed by atoms with Crippen molar-refractivity contribution in [3.63, 3.8) is 0 Å². The van der Waals surface area contributed by atoms with Gasteiger partial charge in [0.05, 0.1) is 36.9 Å². The molecule has 46 heavy (non-hydrogen) atoms. The molecule has 10 nitrogen and oxygen atoms in total. The van der Waals surface area contributed by atoms with Crippen molar-refractivity contribution in [3.05, 3.63) is 81.7 Å². The average Bonchev–Trinajstić information content (AvgIpc) is 3.08. The molecular formula is C35H45ClN6O4. The van der Waals surface area contributed by atoms with Crippen LogP contribution in [0.1, 0.15) is 31.9 Å². The van der Waals surface area contributed by atoms with Crippen LogP contribution in [0.3, 0.4) is 0 Å². The highest BCUT2D eigenvalue weighted by molar-refractivity contribution is 6.35. The lowest BCUT2D eigenvalue weighted by molar-refractivity contribution is -0.117. The van der Waals surface area contributed by atoms with E-state index in [0.29, 0.717) is 46.1 Å². The molecule has 2 aliphatic rings. The number of hydrogen-bond donors (Lipinski definition) is 3. The monoisotopic (exact) mass is 648 g/mol.